The molecular formula is C16H22N2OS. The molecule has 0 saturated heterocycles. The molecule has 4 heteroatoms. The van der Waals surface area contributed by atoms with Crippen molar-refractivity contribution in [2.24, 2.45) is 0 Å². The van der Waals surface area contributed by atoms with Crippen LogP contribution in [0.15, 0.2) is 24.3 Å². The third-order valence-corrected chi connectivity index (χ3v) is 4.31. The lowest BCUT2D eigenvalue weighted by Crippen LogP contribution is -2.11. The molecule has 1 heterocycles. The molecule has 0 amide bonds. The average Bonchev–Trinajstić information content (AvgIpc) is 2.87. The summed E-state index contributed by atoms with van der Waals surface area (Å²) in [6.07, 6.45) is 1.90. The molecule has 0 aliphatic rings. The molecule has 2 rings (SSSR count). The Balaban J connectivity index is 2.09. The summed E-state index contributed by atoms with van der Waals surface area (Å²) in [4.78, 5) is 6.14. The quantitative estimate of drug-likeness (QED) is 0.848. The van der Waals surface area contributed by atoms with Crippen LogP contribution in [0.1, 0.15) is 35.0 Å². The van der Waals surface area contributed by atoms with E-state index in [1.165, 1.54) is 21.1 Å². The number of aromatic nitrogens is 1. The molecule has 108 valence electrons. The smallest absolute Gasteiger partial charge is 0.118 e. The van der Waals surface area contributed by atoms with Gasteiger partial charge in [0.15, 0.2) is 0 Å². The van der Waals surface area contributed by atoms with Crippen LogP contribution in [-0.2, 0) is 19.4 Å². The lowest BCUT2D eigenvalue weighted by molar-refractivity contribution is 0.414. The first-order chi connectivity index (χ1) is 9.76. The van der Waals surface area contributed by atoms with Crippen LogP contribution in [0.3, 0.4) is 0 Å². The minimum absolute atomic E-state index is 0.897. The van der Waals surface area contributed by atoms with E-state index in [1.54, 1.807) is 7.11 Å². The standard InChI is InChI=1S/C16H22N2OS/c1-4-14-15(11-17-5-2)20-16(18-14)10-12-6-8-13(19-3)9-7-12/h6-9,17H,4-5,10-11H2,1-3H3. The number of rotatable bonds is 7. The van der Waals surface area contributed by atoms with E-state index in [4.69, 9.17) is 9.72 Å². The van der Waals surface area contributed by atoms with Crippen LogP contribution in [0.4, 0.5) is 0 Å². The Labute approximate surface area is 125 Å². The second-order valence-electron chi connectivity index (χ2n) is 4.64. The molecule has 0 saturated carbocycles. The Morgan fingerprint density at radius 3 is 2.55 bits per heavy atom. The van der Waals surface area contributed by atoms with Crippen molar-refractivity contribution in [1.82, 2.24) is 10.3 Å². The molecule has 1 aromatic carbocycles. The van der Waals surface area contributed by atoms with Gasteiger partial charge in [-0.3, -0.25) is 0 Å². The summed E-state index contributed by atoms with van der Waals surface area (Å²) in [5, 5.41) is 4.58. The van der Waals surface area contributed by atoms with Crippen molar-refractivity contribution in [2.75, 3.05) is 13.7 Å². The van der Waals surface area contributed by atoms with E-state index in [9.17, 15) is 0 Å². The van der Waals surface area contributed by atoms with E-state index in [-0.39, 0.29) is 0 Å². The zero-order valence-electron chi connectivity index (χ0n) is 12.4. The number of hydrogen-bond acceptors (Lipinski definition) is 4. The van der Waals surface area contributed by atoms with Gasteiger partial charge in [-0.15, -0.1) is 11.3 Å². The zero-order chi connectivity index (χ0) is 14.4. The highest BCUT2D eigenvalue weighted by molar-refractivity contribution is 7.11. The number of aryl methyl sites for hydroxylation is 1. The van der Waals surface area contributed by atoms with Crippen LogP contribution in [0.25, 0.3) is 0 Å². The Morgan fingerprint density at radius 1 is 1.20 bits per heavy atom. The van der Waals surface area contributed by atoms with Crippen LogP contribution in [-0.4, -0.2) is 18.6 Å². The number of nitrogens with one attached hydrogen (secondary N) is 1. The molecule has 0 radical (unpaired) electrons. The van der Waals surface area contributed by atoms with Crippen molar-refractivity contribution in [1.29, 1.82) is 0 Å². The van der Waals surface area contributed by atoms with Gasteiger partial charge in [0.05, 0.1) is 17.8 Å². The molecule has 1 aromatic heterocycles. The predicted molar refractivity (Wildman–Crippen MR) is 84.7 cm³/mol. The number of thiazole rings is 1. The minimum atomic E-state index is 0.897. The average molecular weight is 290 g/mol. The summed E-state index contributed by atoms with van der Waals surface area (Å²) >= 11 is 1.82. The van der Waals surface area contributed by atoms with Gasteiger partial charge in [0.2, 0.25) is 0 Å². The molecule has 0 spiro atoms. The van der Waals surface area contributed by atoms with Crippen LogP contribution >= 0.6 is 11.3 Å². The monoisotopic (exact) mass is 290 g/mol. The van der Waals surface area contributed by atoms with Crippen LogP contribution in [0, 0.1) is 0 Å². The predicted octanol–water partition coefficient (Wildman–Crippen LogP) is 3.41. The van der Waals surface area contributed by atoms with E-state index < -0.39 is 0 Å². The summed E-state index contributed by atoms with van der Waals surface area (Å²) in [5.74, 6) is 0.898. The summed E-state index contributed by atoms with van der Waals surface area (Å²) in [6, 6.07) is 8.22. The zero-order valence-corrected chi connectivity index (χ0v) is 13.2. The number of benzene rings is 1. The second-order valence-corrected chi connectivity index (χ2v) is 5.80. The third-order valence-electron chi connectivity index (χ3n) is 3.21. The lowest BCUT2D eigenvalue weighted by atomic mass is 10.1. The topological polar surface area (TPSA) is 34.1 Å². The SMILES string of the molecule is CCNCc1sc(Cc2ccc(OC)cc2)nc1CC. The minimum Gasteiger partial charge on any atom is -0.497 e. The molecular weight excluding hydrogens is 268 g/mol. The molecule has 3 nitrogen and oxygen atoms in total. The van der Waals surface area contributed by atoms with Crippen molar-refractivity contribution < 1.29 is 4.74 Å². The molecule has 0 fully saturated rings. The summed E-state index contributed by atoms with van der Waals surface area (Å²) in [6.45, 7) is 6.22. The van der Waals surface area contributed by atoms with E-state index in [0.717, 1.165) is 31.7 Å². The van der Waals surface area contributed by atoms with Gasteiger partial charge in [0, 0.05) is 17.8 Å². The third kappa shape index (κ3) is 3.81. The van der Waals surface area contributed by atoms with Gasteiger partial charge in [-0.2, -0.15) is 0 Å². The van der Waals surface area contributed by atoms with Gasteiger partial charge in [-0.05, 0) is 30.7 Å². The maximum Gasteiger partial charge on any atom is 0.118 e. The van der Waals surface area contributed by atoms with E-state index >= 15 is 0 Å². The van der Waals surface area contributed by atoms with Crippen LogP contribution in [0.5, 0.6) is 5.75 Å². The highest BCUT2D eigenvalue weighted by atomic mass is 32.1. The van der Waals surface area contributed by atoms with Gasteiger partial charge in [0.25, 0.3) is 0 Å². The van der Waals surface area contributed by atoms with Gasteiger partial charge in [-0.25, -0.2) is 4.98 Å². The molecule has 0 bridgehead atoms. The van der Waals surface area contributed by atoms with Gasteiger partial charge in [-0.1, -0.05) is 26.0 Å². The van der Waals surface area contributed by atoms with Crippen LogP contribution < -0.4 is 10.1 Å². The molecule has 1 N–H and O–H groups in total. The van der Waals surface area contributed by atoms with Crippen molar-refractivity contribution >= 4 is 11.3 Å². The van der Waals surface area contributed by atoms with Gasteiger partial charge < -0.3 is 10.1 Å². The van der Waals surface area contributed by atoms with E-state index in [0.29, 0.717) is 0 Å². The Morgan fingerprint density at radius 2 is 1.95 bits per heavy atom. The van der Waals surface area contributed by atoms with Crippen molar-refractivity contribution in [3.8, 4) is 5.75 Å². The lowest BCUT2D eigenvalue weighted by Gasteiger charge is -2.01. The molecule has 20 heavy (non-hydrogen) atoms. The number of nitrogens with zero attached hydrogens (tertiary/aromatic N) is 1. The maximum atomic E-state index is 5.18. The molecule has 0 unspecified atom stereocenters. The Hall–Kier alpha value is -1.39. The molecule has 0 aliphatic carbocycles. The number of hydrogen-bond donors (Lipinski definition) is 1. The maximum absolute atomic E-state index is 5.18. The fourth-order valence-electron chi connectivity index (χ4n) is 2.08. The van der Waals surface area contributed by atoms with Crippen molar-refractivity contribution in [2.45, 2.75) is 33.2 Å². The van der Waals surface area contributed by atoms with E-state index in [1.807, 2.05) is 23.5 Å². The highest BCUT2D eigenvalue weighted by Gasteiger charge is 2.09. The largest absolute Gasteiger partial charge is 0.497 e. The summed E-state index contributed by atoms with van der Waals surface area (Å²) in [5.41, 5.74) is 2.51. The van der Waals surface area contributed by atoms with Crippen molar-refractivity contribution in [3.05, 3.63) is 45.4 Å². The summed E-state index contributed by atoms with van der Waals surface area (Å²) in [7, 11) is 1.69. The molecule has 0 aliphatic heterocycles. The second kappa shape index (κ2) is 7.41. The van der Waals surface area contributed by atoms with Gasteiger partial charge in [0.1, 0.15) is 5.75 Å². The first kappa shape index (κ1) is 15.0. The first-order valence-electron chi connectivity index (χ1n) is 7.07. The van der Waals surface area contributed by atoms with Gasteiger partial charge >= 0.3 is 0 Å². The molecule has 0 atom stereocenters. The van der Waals surface area contributed by atoms with Crippen LogP contribution in [0.2, 0.25) is 0 Å². The Kier molecular flexibility index (Phi) is 5.56. The molecule has 2 aromatic rings. The fourth-order valence-corrected chi connectivity index (χ4v) is 3.24. The number of ether oxygens (including phenoxy) is 1. The highest BCUT2D eigenvalue weighted by Crippen LogP contribution is 2.22. The van der Waals surface area contributed by atoms with E-state index in [2.05, 4.69) is 31.3 Å². The Bertz CT molecular complexity index is 534. The normalized spacial score (nSPS) is 10.8. The first-order valence-corrected chi connectivity index (χ1v) is 7.89. The fraction of sp³-hybridized carbons (Fsp3) is 0.438. The summed E-state index contributed by atoms with van der Waals surface area (Å²) < 4.78 is 5.18. The number of methoxy groups -OCH3 is 1. The van der Waals surface area contributed by atoms with Crippen molar-refractivity contribution in [3.63, 3.8) is 0 Å².